The fourth-order valence-corrected chi connectivity index (χ4v) is 2.87. The van der Waals surface area contributed by atoms with Crippen molar-refractivity contribution in [1.82, 2.24) is 4.90 Å². The number of hydrogen-bond acceptors (Lipinski definition) is 7. The first-order chi connectivity index (χ1) is 10.6. The molecule has 8 nitrogen and oxygen atoms in total. The van der Waals surface area contributed by atoms with Gasteiger partial charge in [-0.3, -0.25) is 19.8 Å². The van der Waals surface area contributed by atoms with Gasteiger partial charge in [-0.2, -0.15) is 0 Å². The number of para-hydroxylation sites is 1. The molecule has 8 heteroatoms. The Kier molecular flexibility index (Phi) is 4.06. The Labute approximate surface area is 126 Å². The molecule has 0 amide bonds. The van der Waals surface area contributed by atoms with Crippen LogP contribution in [0.5, 0.6) is 0 Å². The van der Waals surface area contributed by atoms with E-state index in [-0.39, 0.29) is 24.8 Å². The molecule has 3 rings (SSSR count). The number of nitro groups is 1. The monoisotopic (exact) mass is 308 g/mol. The predicted octanol–water partition coefficient (Wildman–Crippen LogP) is 0.694. The molecule has 0 bridgehead atoms. The highest BCUT2D eigenvalue weighted by Crippen LogP contribution is 2.28. The summed E-state index contributed by atoms with van der Waals surface area (Å²) >= 11 is 0. The van der Waals surface area contributed by atoms with Crippen LogP contribution in [0.4, 0.5) is 5.69 Å². The van der Waals surface area contributed by atoms with Crippen LogP contribution in [0.1, 0.15) is 5.56 Å². The van der Waals surface area contributed by atoms with Crippen LogP contribution in [0.2, 0.25) is 0 Å². The van der Waals surface area contributed by atoms with Crippen molar-refractivity contribution in [3.63, 3.8) is 0 Å². The van der Waals surface area contributed by atoms with Gasteiger partial charge in [-0.25, -0.2) is 0 Å². The summed E-state index contributed by atoms with van der Waals surface area (Å²) in [6.07, 6.45) is -0.896. The number of nitrogens with zero attached hydrogens (tertiary/aromatic N) is 2. The minimum Gasteiger partial charge on any atom is -0.462 e. The van der Waals surface area contributed by atoms with Crippen molar-refractivity contribution in [1.29, 1.82) is 0 Å². The van der Waals surface area contributed by atoms with Crippen molar-refractivity contribution in [2.24, 2.45) is 0 Å². The highest BCUT2D eigenvalue weighted by atomic mass is 16.7. The van der Waals surface area contributed by atoms with Gasteiger partial charge in [0.15, 0.2) is 6.29 Å². The second-order valence-electron chi connectivity index (χ2n) is 5.23. The van der Waals surface area contributed by atoms with E-state index in [1.165, 1.54) is 13.2 Å². The molecule has 3 atom stereocenters. The number of ether oxygens (including phenoxy) is 3. The van der Waals surface area contributed by atoms with Crippen LogP contribution in [-0.2, 0) is 25.5 Å². The van der Waals surface area contributed by atoms with Crippen LogP contribution in [0.3, 0.4) is 0 Å². The normalized spacial score (nSPS) is 28.2. The molecule has 2 fully saturated rings. The fraction of sp³-hybridized carbons (Fsp3) is 0.500. The Hall–Kier alpha value is -2.03. The van der Waals surface area contributed by atoms with E-state index in [0.717, 1.165) is 0 Å². The molecule has 0 aliphatic carbocycles. The molecule has 1 aromatic rings. The molecular formula is C14H16N2O6. The van der Waals surface area contributed by atoms with Crippen molar-refractivity contribution in [2.45, 2.75) is 25.0 Å². The van der Waals surface area contributed by atoms with Gasteiger partial charge in [0.1, 0.15) is 18.8 Å². The van der Waals surface area contributed by atoms with Crippen LogP contribution in [0.15, 0.2) is 24.3 Å². The first-order valence-corrected chi connectivity index (χ1v) is 6.91. The second kappa shape index (κ2) is 5.99. The molecule has 2 aliphatic rings. The zero-order chi connectivity index (χ0) is 15.7. The number of carbonyl (C=O) groups is 1. The van der Waals surface area contributed by atoms with Crippen molar-refractivity contribution in [3.05, 3.63) is 39.9 Å². The maximum atomic E-state index is 11.9. The Morgan fingerprint density at radius 1 is 1.45 bits per heavy atom. The molecule has 2 heterocycles. The standard InChI is InChI=1S/C14H16N2O6/c1-20-12-7-15(13-11(22-12)8-21-14(13)17)6-9-4-2-3-5-10(9)16(18)19/h2-5,11-13H,6-8H2,1H3/t11-,12+,13-/m1/s1. The minimum atomic E-state index is -0.550. The largest absolute Gasteiger partial charge is 0.462 e. The summed E-state index contributed by atoms with van der Waals surface area (Å²) < 4.78 is 15.9. The topological polar surface area (TPSA) is 91.1 Å². The van der Waals surface area contributed by atoms with E-state index in [1.807, 2.05) is 4.90 Å². The van der Waals surface area contributed by atoms with E-state index >= 15 is 0 Å². The van der Waals surface area contributed by atoms with Gasteiger partial charge in [0, 0.05) is 25.3 Å². The van der Waals surface area contributed by atoms with E-state index in [1.54, 1.807) is 18.2 Å². The van der Waals surface area contributed by atoms with Gasteiger partial charge >= 0.3 is 5.97 Å². The molecule has 2 aliphatic heterocycles. The molecule has 2 saturated heterocycles. The number of benzene rings is 1. The summed E-state index contributed by atoms with van der Waals surface area (Å²) in [5.74, 6) is -0.363. The molecule has 1 aromatic carbocycles. The maximum absolute atomic E-state index is 11.9. The first-order valence-electron chi connectivity index (χ1n) is 6.91. The van der Waals surface area contributed by atoms with Gasteiger partial charge in [-0.15, -0.1) is 0 Å². The van der Waals surface area contributed by atoms with Crippen LogP contribution in [0, 0.1) is 10.1 Å². The fourth-order valence-electron chi connectivity index (χ4n) is 2.87. The third-order valence-corrected chi connectivity index (χ3v) is 3.91. The van der Waals surface area contributed by atoms with Crippen molar-refractivity contribution in [3.8, 4) is 0 Å². The van der Waals surface area contributed by atoms with E-state index in [2.05, 4.69) is 0 Å². The van der Waals surface area contributed by atoms with Gasteiger partial charge < -0.3 is 14.2 Å². The van der Waals surface area contributed by atoms with Gasteiger partial charge in [-0.05, 0) is 0 Å². The summed E-state index contributed by atoms with van der Waals surface area (Å²) in [4.78, 5) is 24.4. The summed E-state index contributed by atoms with van der Waals surface area (Å²) in [7, 11) is 1.52. The zero-order valence-corrected chi connectivity index (χ0v) is 12.0. The van der Waals surface area contributed by atoms with Crippen molar-refractivity contribution < 1.29 is 23.9 Å². The number of esters is 1. The van der Waals surface area contributed by atoms with Gasteiger partial charge in [0.05, 0.1) is 11.5 Å². The lowest BCUT2D eigenvalue weighted by Gasteiger charge is -2.38. The number of morpholine rings is 1. The van der Waals surface area contributed by atoms with Crippen molar-refractivity contribution in [2.75, 3.05) is 20.3 Å². The summed E-state index contributed by atoms with van der Waals surface area (Å²) in [6.45, 7) is 0.784. The molecular weight excluding hydrogens is 292 g/mol. The molecule has 0 aromatic heterocycles. The molecule has 22 heavy (non-hydrogen) atoms. The summed E-state index contributed by atoms with van der Waals surface area (Å²) in [5, 5.41) is 11.1. The maximum Gasteiger partial charge on any atom is 0.326 e. The highest BCUT2D eigenvalue weighted by molar-refractivity contribution is 5.79. The Morgan fingerprint density at radius 3 is 2.95 bits per heavy atom. The SMILES string of the molecule is CO[C@@H]1CN(Cc2ccccc2[N+](=O)[O-])[C@H]2C(=O)OC[C@H]2O1. The van der Waals surface area contributed by atoms with Gasteiger partial charge in [-0.1, -0.05) is 18.2 Å². The van der Waals surface area contributed by atoms with Crippen LogP contribution < -0.4 is 0 Å². The number of rotatable bonds is 4. The average molecular weight is 308 g/mol. The van der Waals surface area contributed by atoms with Crippen LogP contribution in [0.25, 0.3) is 0 Å². The molecule has 0 radical (unpaired) electrons. The lowest BCUT2D eigenvalue weighted by molar-refractivity contribution is -0.385. The van der Waals surface area contributed by atoms with Gasteiger partial charge in [0.25, 0.3) is 5.69 Å². The predicted molar refractivity (Wildman–Crippen MR) is 73.9 cm³/mol. The van der Waals surface area contributed by atoms with E-state index in [0.29, 0.717) is 12.1 Å². The number of cyclic esters (lactones) is 1. The summed E-state index contributed by atoms with van der Waals surface area (Å²) in [5.41, 5.74) is 0.577. The average Bonchev–Trinajstić information content (AvgIpc) is 2.89. The molecule has 0 N–H and O–H groups in total. The Balaban J connectivity index is 1.86. The number of carbonyl (C=O) groups excluding carboxylic acids is 1. The van der Waals surface area contributed by atoms with Gasteiger partial charge in [0.2, 0.25) is 0 Å². The van der Waals surface area contributed by atoms with E-state index in [9.17, 15) is 14.9 Å². The Bertz CT molecular complexity index is 592. The third kappa shape index (κ3) is 2.68. The number of nitro benzene ring substituents is 1. The highest BCUT2D eigenvalue weighted by Gasteiger charge is 2.47. The quantitative estimate of drug-likeness (QED) is 0.459. The van der Waals surface area contributed by atoms with Crippen molar-refractivity contribution >= 4 is 11.7 Å². The molecule has 0 unspecified atom stereocenters. The lowest BCUT2D eigenvalue weighted by atomic mass is 10.1. The molecule has 0 spiro atoms. The summed E-state index contributed by atoms with van der Waals surface area (Å²) in [6, 6.07) is 5.94. The van der Waals surface area contributed by atoms with E-state index < -0.39 is 23.4 Å². The zero-order valence-electron chi connectivity index (χ0n) is 12.0. The second-order valence-corrected chi connectivity index (χ2v) is 5.23. The number of fused-ring (bicyclic) bond motifs is 1. The lowest BCUT2D eigenvalue weighted by Crippen LogP contribution is -2.55. The third-order valence-electron chi connectivity index (χ3n) is 3.91. The number of methoxy groups -OCH3 is 1. The first kappa shape index (κ1) is 14.9. The number of hydrogen-bond donors (Lipinski definition) is 0. The smallest absolute Gasteiger partial charge is 0.326 e. The van der Waals surface area contributed by atoms with Crippen LogP contribution >= 0.6 is 0 Å². The minimum absolute atomic E-state index is 0.0332. The molecule has 118 valence electrons. The van der Waals surface area contributed by atoms with Crippen LogP contribution in [-0.4, -0.2) is 54.5 Å². The van der Waals surface area contributed by atoms with E-state index in [4.69, 9.17) is 14.2 Å². The molecule has 0 saturated carbocycles. The Morgan fingerprint density at radius 2 is 2.23 bits per heavy atom.